The fourth-order valence-electron chi connectivity index (χ4n) is 5.33. The zero-order valence-corrected chi connectivity index (χ0v) is 17.5. The average molecular weight is 416 g/mol. The summed E-state index contributed by atoms with van der Waals surface area (Å²) in [4.78, 5) is 22.3. The number of phenolic OH excluding ortho intramolecular Hbond substituents is 1. The second kappa shape index (κ2) is 6.62. The third kappa shape index (κ3) is 2.85. The van der Waals surface area contributed by atoms with Crippen LogP contribution < -0.4 is 10.9 Å². The molecule has 0 spiro atoms. The van der Waals surface area contributed by atoms with Crippen LogP contribution in [0, 0.1) is 6.92 Å². The first-order valence-corrected chi connectivity index (χ1v) is 10.8. The minimum atomic E-state index is -0.0431. The first-order chi connectivity index (χ1) is 15.0. The predicted molar refractivity (Wildman–Crippen MR) is 118 cm³/mol. The normalized spacial score (nSPS) is 23.1. The van der Waals surface area contributed by atoms with Gasteiger partial charge in [-0.25, -0.2) is 9.97 Å². The summed E-state index contributed by atoms with van der Waals surface area (Å²) in [7, 11) is 1.85. The maximum Gasteiger partial charge on any atom is 0.261 e. The van der Waals surface area contributed by atoms with E-state index in [9.17, 15) is 9.90 Å². The number of aromatic hydroxyl groups is 1. The zero-order chi connectivity index (χ0) is 21.3. The summed E-state index contributed by atoms with van der Waals surface area (Å²) in [6, 6.07) is 4.98. The fraction of sp³-hybridized carbons (Fsp3) is 0.391. The van der Waals surface area contributed by atoms with Gasteiger partial charge in [0.25, 0.3) is 5.56 Å². The van der Waals surface area contributed by atoms with E-state index >= 15 is 0 Å². The SMILES string of the molecule is Cc1c(O)c(-c2ncc3c(=O)n(C4CC5CCC(C4)N5)ccc3n2)cc2cn(C)nc12. The van der Waals surface area contributed by atoms with Crippen LogP contribution in [-0.4, -0.2) is 41.5 Å². The molecule has 3 aromatic heterocycles. The molecule has 2 fully saturated rings. The molecule has 2 unspecified atom stereocenters. The second-order valence-corrected chi connectivity index (χ2v) is 8.92. The van der Waals surface area contributed by atoms with E-state index in [0.29, 0.717) is 39.9 Å². The van der Waals surface area contributed by atoms with Crippen LogP contribution >= 0.6 is 0 Å². The first kappa shape index (κ1) is 18.5. The minimum Gasteiger partial charge on any atom is -0.507 e. The number of hydrogen-bond donors (Lipinski definition) is 2. The van der Waals surface area contributed by atoms with Gasteiger partial charge in [-0.3, -0.25) is 9.48 Å². The molecular weight excluding hydrogens is 392 g/mol. The van der Waals surface area contributed by atoms with Gasteiger partial charge in [0.15, 0.2) is 5.82 Å². The first-order valence-electron chi connectivity index (χ1n) is 10.8. The third-order valence-electron chi connectivity index (χ3n) is 6.88. The smallest absolute Gasteiger partial charge is 0.261 e. The highest BCUT2D eigenvalue weighted by Crippen LogP contribution is 2.36. The summed E-state index contributed by atoms with van der Waals surface area (Å²) in [5, 5.41) is 20.2. The number of aromatic nitrogens is 5. The fourth-order valence-corrected chi connectivity index (χ4v) is 5.33. The van der Waals surface area contributed by atoms with Crippen LogP contribution in [0.15, 0.2) is 35.5 Å². The number of fused-ring (bicyclic) bond motifs is 4. The molecule has 2 bridgehead atoms. The molecule has 2 saturated heterocycles. The predicted octanol–water partition coefficient (Wildman–Crippen LogP) is 2.81. The number of benzene rings is 1. The van der Waals surface area contributed by atoms with Crippen molar-refractivity contribution in [3.8, 4) is 17.1 Å². The minimum absolute atomic E-state index is 0.0431. The lowest BCUT2D eigenvalue weighted by Crippen LogP contribution is -2.41. The van der Waals surface area contributed by atoms with Gasteiger partial charge in [0.1, 0.15) is 5.75 Å². The molecule has 0 aliphatic carbocycles. The van der Waals surface area contributed by atoms with Crippen LogP contribution in [-0.2, 0) is 7.05 Å². The van der Waals surface area contributed by atoms with Gasteiger partial charge in [0, 0.05) is 54.7 Å². The lowest BCUT2D eigenvalue weighted by Gasteiger charge is -2.30. The number of pyridine rings is 1. The number of phenols is 1. The quantitative estimate of drug-likeness (QED) is 0.522. The van der Waals surface area contributed by atoms with E-state index in [-0.39, 0.29) is 17.4 Å². The van der Waals surface area contributed by atoms with Gasteiger partial charge in [0.2, 0.25) is 0 Å². The van der Waals surface area contributed by atoms with Crippen molar-refractivity contribution >= 4 is 21.8 Å². The lowest BCUT2D eigenvalue weighted by atomic mass is 9.99. The molecule has 2 aliphatic rings. The number of nitrogens with one attached hydrogen (secondary N) is 1. The van der Waals surface area contributed by atoms with Crippen molar-refractivity contribution in [2.45, 2.75) is 50.7 Å². The molecule has 0 saturated carbocycles. The number of aryl methyl sites for hydroxylation is 2. The molecule has 2 atom stereocenters. The average Bonchev–Trinajstić information content (AvgIpc) is 3.31. The molecule has 8 nitrogen and oxygen atoms in total. The molecule has 0 amide bonds. The van der Waals surface area contributed by atoms with E-state index in [1.807, 2.05) is 43.1 Å². The van der Waals surface area contributed by atoms with E-state index in [0.717, 1.165) is 23.7 Å². The summed E-state index contributed by atoms with van der Waals surface area (Å²) in [6.07, 6.45) is 9.72. The van der Waals surface area contributed by atoms with Gasteiger partial charge in [-0.2, -0.15) is 5.10 Å². The third-order valence-corrected chi connectivity index (χ3v) is 6.88. The van der Waals surface area contributed by atoms with E-state index in [1.54, 1.807) is 10.9 Å². The van der Waals surface area contributed by atoms with Gasteiger partial charge in [-0.15, -0.1) is 0 Å². The Bertz CT molecular complexity index is 1390. The van der Waals surface area contributed by atoms with Crippen molar-refractivity contribution in [2.24, 2.45) is 7.05 Å². The Balaban J connectivity index is 1.44. The highest BCUT2D eigenvalue weighted by Gasteiger charge is 2.34. The molecule has 158 valence electrons. The van der Waals surface area contributed by atoms with E-state index in [2.05, 4.69) is 20.4 Å². The van der Waals surface area contributed by atoms with Gasteiger partial charge in [-0.05, 0) is 44.7 Å². The monoisotopic (exact) mass is 416 g/mol. The van der Waals surface area contributed by atoms with Gasteiger partial charge < -0.3 is 15.0 Å². The van der Waals surface area contributed by atoms with Crippen LogP contribution in [0.3, 0.4) is 0 Å². The Morgan fingerprint density at radius 1 is 1.23 bits per heavy atom. The number of piperidine rings is 1. The molecule has 2 aliphatic heterocycles. The topological polar surface area (TPSA) is 97.9 Å². The Morgan fingerprint density at radius 3 is 2.77 bits per heavy atom. The van der Waals surface area contributed by atoms with Gasteiger partial charge in [-0.1, -0.05) is 0 Å². The van der Waals surface area contributed by atoms with E-state index in [1.165, 1.54) is 12.8 Å². The van der Waals surface area contributed by atoms with Crippen LogP contribution in [0.2, 0.25) is 0 Å². The molecule has 1 aromatic carbocycles. The van der Waals surface area contributed by atoms with Crippen molar-refractivity contribution in [3.05, 3.63) is 46.6 Å². The standard InChI is InChI=1S/C23H24N6O2/c1-12-20-13(11-28(2)27-20)7-17(21(12)30)22-24-10-18-19(26-22)5-6-29(23(18)31)16-8-14-3-4-15(9-16)25-14/h5-7,10-11,14-16,25,30H,3-4,8-9H2,1-2H3. The lowest BCUT2D eigenvalue weighted by molar-refractivity contribution is 0.294. The molecule has 8 heteroatoms. The molecule has 4 aromatic rings. The highest BCUT2D eigenvalue weighted by atomic mass is 16.3. The van der Waals surface area contributed by atoms with Gasteiger partial charge in [0.05, 0.1) is 22.0 Å². The number of hydrogen-bond acceptors (Lipinski definition) is 6. The van der Waals surface area contributed by atoms with Crippen molar-refractivity contribution in [2.75, 3.05) is 0 Å². The molecule has 6 rings (SSSR count). The van der Waals surface area contributed by atoms with Crippen LogP contribution in [0.5, 0.6) is 5.75 Å². The van der Waals surface area contributed by atoms with E-state index in [4.69, 9.17) is 0 Å². The Morgan fingerprint density at radius 2 is 2.00 bits per heavy atom. The van der Waals surface area contributed by atoms with Crippen molar-refractivity contribution < 1.29 is 5.11 Å². The molecule has 5 heterocycles. The van der Waals surface area contributed by atoms with Gasteiger partial charge >= 0.3 is 0 Å². The van der Waals surface area contributed by atoms with Crippen LogP contribution in [0.1, 0.15) is 37.3 Å². The Hall–Kier alpha value is -3.26. The van der Waals surface area contributed by atoms with Crippen LogP contribution in [0.25, 0.3) is 33.2 Å². The summed E-state index contributed by atoms with van der Waals surface area (Å²) < 4.78 is 3.58. The summed E-state index contributed by atoms with van der Waals surface area (Å²) in [5.74, 6) is 0.514. The van der Waals surface area contributed by atoms with Crippen molar-refractivity contribution in [1.29, 1.82) is 0 Å². The Kier molecular flexibility index (Phi) is 3.95. The summed E-state index contributed by atoms with van der Waals surface area (Å²) >= 11 is 0. The number of nitrogens with zero attached hydrogens (tertiary/aromatic N) is 5. The Labute approximate surface area is 178 Å². The molecule has 0 radical (unpaired) electrons. The summed E-state index contributed by atoms with van der Waals surface area (Å²) in [6.45, 7) is 1.83. The molecule has 2 N–H and O–H groups in total. The zero-order valence-electron chi connectivity index (χ0n) is 17.5. The molecular formula is C23H24N6O2. The highest BCUT2D eigenvalue weighted by molar-refractivity contribution is 5.90. The van der Waals surface area contributed by atoms with Crippen LogP contribution in [0.4, 0.5) is 0 Å². The maximum absolute atomic E-state index is 13.2. The largest absolute Gasteiger partial charge is 0.507 e. The number of rotatable bonds is 2. The summed E-state index contributed by atoms with van der Waals surface area (Å²) in [5.41, 5.74) is 2.53. The molecule has 31 heavy (non-hydrogen) atoms. The van der Waals surface area contributed by atoms with Crippen molar-refractivity contribution in [1.82, 2.24) is 29.6 Å². The van der Waals surface area contributed by atoms with E-state index < -0.39 is 0 Å². The maximum atomic E-state index is 13.2. The van der Waals surface area contributed by atoms with Crippen molar-refractivity contribution in [3.63, 3.8) is 0 Å². The second-order valence-electron chi connectivity index (χ2n) is 8.92.